The van der Waals surface area contributed by atoms with Crippen LogP contribution in [-0.2, 0) is 17.8 Å². The van der Waals surface area contributed by atoms with Gasteiger partial charge >= 0.3 is 5.69 Å². The largest absolute Gasteiger partial charge is 0.354 e. The summed E-state index contributed by atoms with van der Waals surface area (Å²) in [5.74, 6) is -0.254. The van der Waals surface area contributed by atoms with Gasteiger partial charge in [-0.3, -0.25) is 9.20 Å². The lowest BCUT2D eigenvalue weighted by molar-refractivity contribution is -0.121. The van der Waals surface area contributed by atoms with E-state index >= 15 is 0 Å². The van der Waals surface area contributed by atoms with Crippen LogP contribution in [0.4, 0.5) is 0 Å². The zero-order valence-electron chi connectivity index (χ0n) is 14.5. The van der Waals surface area contributed by atoms with Gasteiger partial charge in [0.05, 0.1) is 11.9 Å². The molecule has 0 aliphatic heterocycles. The molecule has 0 aliphatic carbocycles. The molecule has 0 radical (unpaired) electrons. The predicted octanol–water partition coefficient (Wildman–Crippen LogP) is 1.04. The first-order valence-corrected chi connectivity index (χ1v) is 8.60. The van der Waals surface area contributed by atoms with Gasteiger partial charge < -0.3 is 5.32 Å². The first-order chi connectivity index (χ1) is 13.2. The fourth-order valence-corrected chi connectivity index (χ4v) is 2.82. The molecule has 0 spiro atoms. The zero-order chi connectivity index (χ0) is 18.6. The minimum Gasteiger partial charge on any atom is -0.354 e. The molecule has 0 atom stereocenters. The molecule has 3 aromatic heterocycles. The van der Waals surface area contributed by atoms with Crippen molar-refractivity contribution in [3.63, 3.8) is 0 Å². The molecule has 0 unspecified atom stereocenters. The second kappa shape index (κ2) is 7.28. The van der Waals surface area contributed by atoms with Crippen molar-refractivity contribution in [2.24, 2.45) is 0 Å². The van der Waals surface area contributed by atoms with Crippen LogP contribution in [0.5, 0.6) is 0 Å². The average Bonchev–Trinajstić information content (AvgIpc) is 3.28. The highest BCUT2D eigenvalue weighted by Crippen LogP contribution is 2.07. The van der Waals surface area contributed by atoms with E-state index in [4.69, 9.17) is 0 Å². The minimum atomic E-state index is -0.329. The van der Waals surface area contributed by atoms with Gasteiger partial charge in [0.15, 0.2) is 5.65 Å². The SMILES string of the molecule is O=C(Cn1nc2ccccn2c1=O)NCCc1cnn(-c2ccccc2)c1. The van der Waals surface area contributed by atoms with Crippen molar-refractivity contribution in [1.29, 1.82) is 0 Å². The van der Waals surface area contributed by atoms with Crippen molar-refractivity contribution in [1.82, 2.24) is 29.3 Å². The van der Waals surface area contributed by atoms with Crippen LogP contribution < -0.4 is 11.0 Å². The van der Waals surface area contributed by atoms with Gasteiger partial charge in [-0.15, -0.1) is 5.10 Å². The Bertz CT molecular complexity index is 1130. The van der Waals surface area contributed by atoms with Crippen LogP contribution >= 0.6 is 0 Å². The molecule has 4 aromatic rings. The number of carbonyl (C=O) groups is 1. The molecule has 8 nitrogen and oxygen atoms in total. The lowest BCUT2D eigenvalue weighted by Gasteiger charge is -2.03. The first-order valence-electron chi connectivity index (χ1n) is 8.60. The molecule has 0 saturated carbocycles. The quantitative estimate of drug-likeness (QED) is 0.555. The van der Waals surface area contributed by atoms with Crippen LogP contribution in [0.3, 0.4) is 0 Å². The maximum atomic E-state index is 12.2. The minimum absolute atomic E-state index is 0.107. The van der Waals surface area contributed by atoms with Crippen molar-refractivity contribution >= 4 is 11.6 Å². The van der Waals surface area contributed by atoms with Gasteiger partial charge in [0.1, 0.15) is 6.54 Å². The van der Waals surface area contributed by atoms with Crippen LogP contribution in [-0.4, -0.2) is 36.4 Å². The number of carbonyl (C=O) groups excluding carboxylic acids is 1. The van der Waals surface area contributed by atoms with Crippen molar-refractivity contribution in [3.05, 3.63) is 83.2 Å². The standard InChI is InChI=1S/C19H18N6O2/c26-18(14-25-19(27)23-11-5-4-8-17(23)22-25)20-10-9-15-12-21-24(13-15)16-6-2-1-3-7-16/h1-8,11-13H,9-10,14H2,(H,20,26). The number of pyridine rings is 1. The van der Waals surface area contributed by atoms with Gasteiger partial charge in [-0.2, -0.15) is 5.10 Å². The molecule has 27 heavy (non-hydrogen) atoms. The van der Waals surface area contributed by atoms with Crippen LogP contribution in [0.15, 0.2) is 71.9 Å². The number of aromatic nitrogens is 5. The summed E-state index contributed by atoms with van der Waals surface area (Å²) in [6.07, 6.45) is 6.00. The summed E-state index contributed by atoms with van der Waals surface area (Å²) in [6, 6.07) is 15.1. The Hall–Kier alpha value is -3.68. The molecule has 1 N–H and O–H groups in total. The Morgan fingerprint density at radius 2 is 1.89 bits per heavy atom. The smallest absolute Gasteiger partial charge is 0.350 e. The summed E-state index contributed by atoms with van der Waals surface area (Å²) in [7, 11) is 0. The van der Waals surface area contributed by atoms with E-state index in [0.29, 0.717) is 18.6 Å². The highest BCUT2D eigenvalue weighted by atomic mass is 16.2. The molecule has 0 fully saturated rings. The Kier molecular flexibility index (Phi) is 4.52. The molecular weight excluding hydrogens is 344 g/mol. The number of hydrogen-bond acceptors (Lipinski definition) is 4. The molecule has 1 aromatic carbocycles. The van der Waals surface area contributed by atoms with Crippen molar-refractivity contribution in [2.45, 2.75) is 13.0 Å². The van der Waals surface area contributed by atoms with E-state index in [-0.39, 0.29) is 18.1 Å². The number of hydrogen-bond donors (Lipinski definition) is 1. The second-order valence-corrected chi connectivity index (χ2v) is 6.10. The molecule has 4 rings (SSSR count). The fourth-order valence-electron chi connectivity index (χ4n) is 2.82. The molecule has 1 amide bonds. The first kappa shape index (κ1) is 16.8. The van der Waals surface area contributed by atoms with Crippen molar-refractivity contribution < 1.29 is 4.79 Å². The molecular formula is C19H18N6O2. The van der Waals surface area contributed by atoms with Crippen LogP contribution in [0, 0.1) is 0 Å². The summed E-state index contributed by atoms with van der Waals surface area (Å²) in [5.41, 5.74) is 2.19. The van der Waals surface area contributed by atoms with E-state index in [1.165, 1.54) is 4.40 Å². The van der Waals surface area contributed by atoms with Crippen molar-refractivity contribution in [2.75, 3.05) is 6.54 Å². The highest BCUT2D eigenvalue weighted by Gasteiger charge is 2.10. The topological polar surface area (TPSA) is 86.2 Å². The van der Waals surface area contributed by atoms with Gasteiger partial charge in [0, 0.05) is 18.9 Å². The lowest BCUT2D eigenvalue weighted by atomic mass is 10.2. The van der Waals surface area contributed by atoms with Crippen LogP contribution in [0.25, 0.3) is 11.3 Å². The number of nitrogens with one attached hydrogen (secondary N) is 1. The summed E-state index contributed by atoms with van der Waals surface area (Å²) in [4.78, 5) is 24.3. The molecule has 136 valence electrons. The third-order valence-electron chi connectivity index (χ3n) is 4.17. The van der Waals surface area contributed by atoms with Gasteiger partial charge in [-0.25, -0.2) is 14.2 Å². The third kappa shape index (κ3) is 3.64. The third-order valence-corrected chi connectivity index (χ3v) is 4.17. The van der Waals surface area contributed by atoms with Gasteiger partial charge in [0.2, 0.25) is 5.91 Å². The average molecular weight is 362 g/mol. The predicted molar refractivity (Wildman–Crippen MR) is 99.7 cm³/mol. The molecule has 8 heteroatoms. The Labute approximate surface area is 154 Å². The van der Waals surface area contributed by atoms with E-state index in [1.54, 1.807) is 35.3 Å². The summed E-state index contributed by atoms with van der Waals surface area (Å²) in [5, 5.41) is 11.3. The Morgan fingerprint density at radius 3 is 2.70 bits per heavy atom. The van der Waals surface area contributed by atoms with E-state index in [2.05, 4.69) is 15.5 Å². The Morgan fingerprint density at radius 1 is 1.07 bits per heavy atom. The van der Waals surface area contributed by atoms with Gasteiger partial charge in [-0.1, -0.05) is 24.3 Å². The molecule has 0 aliphatic rings. The van der Waals surface area contributed by atoms with Crippen LogP contribution in [0.2, 0.25) is 0 Å². The maximum absolute atomic E-state index is 12.2. The number of nitrogens with zero attached hydrogens (tertiary/aromatic N) is 5. The number of para-hydroxylation sites is 1. The number of amides is 1. The van der Waals surface area contributed by atoms with E-state index < -0.39 is 0 Å². The highest BCUT2D eigenvalue weighted by molar-refractivity contribution is 5.75. The number of benzene rings is 1. The lowest BCUT2D eigenvalue weighted by Crippen LogP contribution is -2.33. The van der Waals surface area contributed by atoms with Crippen LogP contribution in [0.1, 0.15) is 5.56 Å². The fraction of sp³-hybridized carbons (Fsp3) is 0.158. The molecule has 3 heterocycles. The van der Waals surface area contributed by atoms with Crippen molar-refractivity contribution in [3.8, 4) is 5.69 Å². The van der Waals surface area contributed by atoms with E-state index in [0.717, 1.165) is 15.9 Å². The molecule has 0 bridgehead atoms. The number of fused-ring (bicyclic) bond motifs is 1. The Balaban J connectivity index is 1.33. The van der Waals surface area contributed by atoms with Gasteiger partial charge in [-0.05, 0) is 36.2 Å². The molecule has 0 saturated heterocycles. The monoisotopic (exact) mass is 362 g/mol. The summed E-state index contributed by atoms with van der Waals surface area (Å²) < 4.78 is 4.37. The maximum Gasteiger partial charge on any atom is 0.350 e. The van der Waals surface area contributed by atoms with Gasteiger partial charge in [0.25, 0.3) is 0 Å². The normalized spacial score (nSPS) is 11.0. The van der Waals surface area contributed by atoms with E-state index in [9.17, 15) is 9.59 Å². The summed E-state index contributed by atoms with van der Waals surface area (Å²) >= 11 is 0. The number of rotatable bonds is 6. The van der Waals surface area contributed by atoms with E-state index in [1.807, 2.05) is 36.5 Å². The zero-order valence-corrected chi connectivity index (χ0v) is 14.5. The second-order valence-electron chi connectivity index (χ2n) is 6.10. The summed E-state index contributed by atoms with van der Waals surface area (Å²) in [6.45, 7) is 0.352.